The maximum atomic E-state index is 14.4. The molecule has 0 aliphatic carbocycles. The smallest absolute Gasteiger partial charge is 0.322 e. The van der Waals surface area contributed by atoms with Gasteiger partial charge in [0.15, 0.2) is 0 Å². The molecule has 1 aliphatic heterocycles. The van der Waals surface area contributed by atoms with E-state index >= 15 is 0 Å². The largest absolute Gasteiger partial charge is 0.497 e. The molecule has 8 nitrogen and oxygen atoms in total. The van der Waals surface area contributed by atoms with Crippen LogP contribution >= 0.6 is 0 Å². The molecule has 1 unspecified atom stereocenters. The van der Waals surface area contributed by atoms with E-state index in [-0.39, 0.29) is 18.5 Å². The van der Waals surface area contributed by atoms with Crippen LogP contribution in [0, 0.1) is 0 Å². The monoisotopic (exact) mass is 538 g/mol. The first-order chi connectivity index (χ1) is 19.5. The second-order valence-corrected chi connectivity index (χ2v) is 9.64. The Labute approximate surface area is 234 Å². The predicted molar refractivity (Wildman–Crippen MR) is 157 cm³/mol. The number of ether oxygens (including phenoxy) is 2. The molecule has 3 amide bonds. The second kappa shape index (κ2) is 12.0. The van der Waals surface area contributed by atoms with Gasteiger partial charge in [-0.1, -0.05) is 43.7 Å². The van der Waals surface area contributed by atoms with Gasteiger partial charge in [-0.15, -0.1) is 0 Å². The Balaban J connectivity index is 1.57. The summed E-state index contributed by atoms with van der Waals surface area (Å²) in [6.07, 6.45) is 3.67. The van der Waals surface area contributed by atoms with Gasteiger partial charge in [0.25, 0.3) is 0 Å². The summed E-state index contributed by atoms with van der Waals surface area (Å²) in [7, 11) is 3.23. The summed E-state index contributed by atoms with van der Waals surface area (Å²) in [6, 6.07) is 25.9. The number of rotatable bonds is 9. The Bertz CT molecular complexity index is 1480. The van der Waals surface area contributed by atoms with Crippen LogP contribution in [0.1, 0.15) is 37.1 Å². The number of urea groups is 1. The maximum absolute atomic E-state index is 14.4. The van der Waals surface area contributed by atoms with E-state index in [2.05, 4.69) is 16.8 Å². The van der Waals surface area contributed by atoms with Crippen molar-refractivity contribution in [2.75, 3.05) is 37.5 Å². The molecule has 1 aliphatic rings. The zero-order valence-electron chi connectivity index (χ0n) is 23.0. The molecule has 8 heteroatoms. The van der Waals surface area contributed by atoms with E-state index in [1.165, 1.54) is 0 Å². The Morgan fingerprint density at radius 2 is 1.65 bits per heavy atom. The second-order valence-electron chi connectivity index (χ2n) is 9.64. The summed E-state index contributed by atoms with van der Waals surface area (Å²) in [5, 5.41) is 2.94. The number of para-hydroxylation sites is 3. The van der Waals surface area contributed by atoms with Crippen LogP contribution in [-0.2, 0) is 4.79 Å². The number of carbonyl (C=O) groups excluding carboxylic acids is 2. The van der Waals surface area contributed by atoms with Gasteiger partial charge in [-0.05, 0) is 61.0 Å². The van der Waals surface area contributed by atoms with Gasteiger partial charge in [-0.3, -0.25) is 9.69 Å². The van der Waals surface area contributed by atoms with Crippen LogP contribution in [0.15, 0.2) is 91.1 Å². The third kappa shape index (κ3) is 5.25. The summed E-state index contributed by atoms with van der Waals surface area (Å²) in [5.74, 6) is 1.10. The van der Waals surface area contributed by atoms with Gasteiger partial charge in [0, 0.05) is 24.0 Å². The van der Waals surface area contributed by atoms with E-state index in [4.69, 9.17) is 9.47 Å². The van der Waals surface area contributed by atoms with Crippen molar-refractivity contribution in [2.45, 2.75) is 25.8 Å². The van der Waals surface area contributed by atoms with Crippen molar-refractivity contribution < 1.29 is 19.1 Å². The van der Waals surface area contributed by atoms with Gasteiger partial charge >= 0.3 is 6.03 Å². The standard InChI is InChI=1S/C32H34N4O4/c1-4-5-19-34(32(38)33-23-12-7-6-8-13-23)22-30(37)36-27-15-10-9-14-26(27)35-20-11-16-28(35)31(36)25-21-24(39-2)17-18-29(25)40-3/h6-18,20-21,31H,4-5,19,22H2,1-3H3,(H,33,38). The summed E-state index contributed by atoms with van der Waals surface area (Å²) < 4.78 is 13.4. The van der Waals surface area contributed by atoms with Gasteiger partial charge in [-0.2, -0.15) is 0 Å². The molecular formula is C32H34N4O4. The third-order valence-corrected chi connectivity index (χ3v) is 7.14. The van der Waals surface area contributed by atoms with E-state index in [9.17, 15) is 9.59 Å². The summed E-state index contributed by atoms with van der Waals surface area (Å²) in [5.41, 5.74) is 4.03. The molecule has 1 N–H and O–H groups in total. The van der Waals surface area contributed by atoms with Crippen LogP contribution < -0.4 is 19.7 Å². The van der Waals surface area contributed by atoms with Gasteiger partial charge < -0.3 is 24.3 Å². The molecule has 40 heavy (non-hydrogen) atoms. The SMILES string of the molecule is CCCCN(CC(=O)N1c2ccccc2-n2cccc2C1c1cc(OC)ccc1OC)C(=O)Nc1ccccc1. The molecule has 0 radical (unpaired) electrons. The molecule has 4 aromatic rings. The highest BCUT2D eigenvalue weighted by molar-refractivity contribution is 6.01. The maximum Gasteiger partial charge on any atom is 0.322 e. The molecule has 1 atom stereocenters. The topological polar surface area (TPSA) is 76.0 Å². The Morgan fingerprint density at radius 3 is 2.38 bits per heavy atom. The molecule has 2 heterocycles. The minimum absolute atomic E-state index is 0.0868. The lowest BCUT2D eigenvalue weighted by molar-refractivity contribution is -0.119. The molecule has 1 aromatic heterocycles. The molecule has 3 aromatic carbocycles. The Morgan fingerprint density at radius 1 is 0.900 bits per heavy atom. The predicted octanol–water partition coefficient (Wildman–Crippen LogP) is 6.26. The number of nitrogens with one attached hydrogen (secondary N) is 1. The van der Waals surface area contributed by atoms with Crippen molar-refractivity contribution in [3.05, 3.63) is 102 Å². The Hall–Kier alpha value is -4.72. The number of unbranched alkanes of at least 4 members (excludes halogenated alkanes) is 1. The zero-order valence-corrected chi connectivity index (χ0v) is 23.0. The van der Waals surface area contributed by atoms with Gasteiger partial charge in [-0.25, -0.2) is 4.79 Å². The van der Waals surface area contributed by atoms with E-state index in [0.29, 0.717) is 23.7 Å². The molecule has 5 rings (SSSR count). The fourth-order valence-corrected chi connectivity index (χ4v) is 5.17. The van der Waals surface area contributed by atoms with Crippen LogP contribution in [0.3, 0.4) is 0 Å². The highest BCUT2D eigenvalue weighted by Gasteiger charge is 2.38. The minimum atomic E-state index is -0.507. The number of hydrogen-bond donors (Lipinski definition) is 1. The lowest BCUT2D eigenvalue weighted by atomic mass is 9.96. The van der Waals surface area contributed by atoms with Crippen molar-refractivity contribution in [1.82, 2.24) is 9.47 Å². The number of carbonyl (C=O) groups is 2. The molecule has 0 fully saturated rings. The lowest BCUT2D eigenvalue weighted by Crippen LogP contribution is -2.48. The minimum Gasteiger partial charge on any atom is -0.497 e. The van der Waals surface area contributed by atoms with Crippen molar-refractivity contribution >= 4 is 23.3 Å². The van der Waals surface area contributed by atoms with Crippen LogP contribution in [0.25, 0.3) is 5.69 Å². The number of anilines is 2. The Kier molecular flexibility index (Phi) is 8.05. The van der Waals surface area contributed by atoms with Gasteiger partial charge in [0.05, 0.1) is 31.3 Å². The van der Waals surface area contributed by atoms with Crippen molar-refractivity contribution in [2.24, 2.45) is 0 Å². The van der Waals surface area contributed by atoms with Gasteiger partial charge in [0.1, 0.15) is 24.1 Å². The molecular weight excluding hydrogens is 504 g/mol. The van der Waals surface area contributed by atoms with E-state index in [1.54, 1.807) is 24.0 Å². The fourth-order valence-electron chi connectivity index (χ4n) is 5.17. The normalized spacial score (nSPS) is 13.7. The molecule has 0 spiro atoms. The number of methoxy groups -OCH3 is 2. The van der Waals surface area contributed by atoms with Crippen molar-refractivity contribution in [1.29, 1.82) is 0 Å². The molecule has 0 saturated carbocycles. The quantitative estimate of drug-likeness (QED) is 0.273. The average molecular weight is 539 g/mol. The van der Waals surface area contributed by atoms with Crippen LogP contribution in [-0.4, -0.2) is 48.7 Å². The first-order valence-corrected chi connectivity index (χ1v) is 13.5. The average Bonchev–Trinajstić information content (AvgIpc) is 3.48. The molecule has 0 bridgehead atoms. The van der Waals surface area contributed by atoms with E-state index in [0.717, 1.165) is 35.5 Å². The number of amides is 3. The van der Waals surface area contributed by atoms with E-state index in [1.807, 2.05) is 91.1 Å². The summed E-state index contributed by atoms with van der Waals surface area (Å²) in [6.45, 7) is 2.44. The zero-order chi connectivity index (χ0) is 28.1. The van der Waals surface area contributed by atoms with Crippen molar-refractivity contribution in [3.8, 4) is 17.2 Å². The van der Waals surface area contributed by atoms with E-state index < -0.39 is 6.04 Å². The number of benzene rings is 3. The number of nitrogens with zero attached hydrogens (tertiary/aromatic N) is 3. The third-order valence-electron chi connectivity index (χ3n) is 7.14. The lowest BCUT2D eigenvalue weighted by Gasteiger charge is -2.40. The first-order valence-electron chi connectivity index (χ1n) is 13.5. The summed E-state index contributed by atoms with van der Waals surface area (Å²) >= 11 is 0. The fraction of sp³-hybridized carbons (Fsp3) is 0.250. The van der Waals surface area contributed by atoms with Crippen LogP contribution in [0.5, 0.6) is 11.5 Å². The molecule has 0 saturated heterocycles. The first kappa shape index (κ1) is 26.9. The van der Waals surface area contributed by atoms with Gasteiger partial charge in [0.2, 0.25) is 5.91 Å². The number of fused-ring (bicyclic) bond motifs is 3. The summed E-state index contributed by atoms with van der Waals surface area (Å²) in [4.78, 5) is 31.1. The van der Waals surface area contributed by atoms with Crippen molar-refractivity contribution in [3.63, 3.8) is 0 Å². The van der Waals surface area contributed by atoms with Crippen LogP contribution in [0.4, 0.5) is 16.2 Å². The highest BCUT2D eigenvalue weighted by atomic mass is 16.5. The molecule has 206 valence electrons. The highest BCUT2D eigenvalue weighted by Crippen LogP contribution is 2.45. The number of hydrogen-bond acceptors (Lipinski definition) is 4. The number of aromatic nitrogens is 1. The van der Waals surface area contributed by atoms with Crippen LogP contribution in [0.2, 0.25) is 0 Å².